The van der Waals surface area contributed by atoms with Crippen molar-refractivity contribution in [2.24, 2.45) is 10.9 Å². The van der Waals surface area contributed by atoms with Crippen molar-refractivity contribution in [1.29, 1.82) is 0 Å². The van der Waals surface area contributed by atoms with Crippen LogP contribution in [0.4, 0.5) is 0 Å². The zero-order valence-electron chi connectivity index (χ0n) is 7.72. The third-order valence-electron chi connectivity index (χ3n) is 1.23. The molecule has 0 aliphatic carbocycles. The minimum absolute atomic E-state index is 0.647. The number of rotatable bonds is 5. The minimum Gasteiger partial charge on any atom is -0.386 e. The predicted molar refractivity (Wildman–Crippen MR) is 51.0 cm³/mol. The van der Waals surface area contributed by atoms with Crippen LogP contribution in [0, 0.1) is 5.92 Å². The number of hydrogen-bond donors (Lipinski definition) is 1. The van der Waals surface area contributed by atoms with Crippen LogP contribution in [-0.2, 0) is 0 Å². The van der Waals surface area contributed by atoms with Gasteiger partial charge in [-0.1, -0.05) is 20.4 Å². The zero-order chi connectivity index (χ0) is 8.69. The van der Waals surface area contributed by atoms with Crippen LogP contribution in [0.2, 0.25) is 0 Å². The molecule has 0 rings (SSSR count). The molecular weight excluding hydrogens is 136 g/mol. The summed E-state index contributed by atoms with van der Waals surface area (Å²) in [6.45, 7) is 11.7. The van der Waals surface area contributed by atoms with Crippen molar-refractivity contribution in [3.63, 3.8) is 0 Å². The Kier molecular flexibility index (Phi) is 5.53. The Bertz CT molecular complexity index is 136. The first-order valence-electron chi connectivity index (χ1n) is 4.01. The van der Waals surface area contributed by atoms with Crippen LogP contribution >= 0.6 is 0 Å². The molecule has 0 heterocycles. The van der Waals surface area contributed by atoms with E-state index in [1.165, 1.54) is 0 Å². The maximum atomic E-state index is 4.37. The van der Waals surface area contributed by atoms with Gasteiger partial charge in [0.2, 0.25) is 0 Å². The molecule has 0 amide bonds. The van der Waals surface area contributed by atoms with E-state index in [9.17, 15) is 0 Å². The summed E-state index contributed by atoms with van der Waals surface area (Å²) >= 11 is 0. The second-order valence-electron chi connectivity index (χ2n) is 3.05. The standard InChI is InChI=1S/C9H18N2/c1-5-10-7-9(4)11-6-8(2)3/h5,8,10H,1,6-7H2,2-4H3. The van der Waals surface area contributed by atoms with Crippen molar-refractivity contribution in [3.05, 3.63) is 12.8 Å². The molecule has 64 valence electrons. The van der Waals surface area contributed by atoms with E-state index >= 15 is 0 Å². The van der Waals surface area contributed by atoms with E-state index in [0.29, 0.717) is 5.92 Å². The van der Waals surface area contributed by atoms with Gasteiger partial charge in [0, 0.05) is 12.3 Å². The van der Waals surface area contributed by atoms with Crippen LogP contribution in [0.5, 0.6) is 0 Å². The number of nitrogens with zero attached hydrogens (tertiary/aromatic N) is 1. The summed E-state index contributed by atoms with van der Waals surface area (Å²) in [5.74, 6) is 0.647. The van der Waals surface area contributed by atoms with Gasteiger partial charge in [0.25, 0.3) is 0 Å². The molecule has 0 atom stereocenters. The van der Waals surface area contributed by atoms with Gasteiger partial charge in [0.05, 0.1) is 6.54 Å². The second kappa shape index (κ2) is 5.96. The molecule has 11 heavy (non-hydrogen) atoms. The fourth-order valence-corrected chi connectivity index (χ4v) is 0.614. The van der Waals surface area contributed by atoms with Crippen LogP contribution in [0.15, 0.2) is 17.8 Å². The third kappa shape index (κ3) is 7.10. The Labute approximate surface area is 69.4 Å². The zero-order valence-corrected chi connectivity index (χ0v) is 7.72. The summed E-state index contributed by atoms with van der Waals surface area (Å²) in [7, 11) is 0. The molecule has 0 saturated carbocycles. The highest BCUT2D eigenvalue weighted by Crippen LogP contribution is 1.91. The van der Waals surface area contributed by atoms with E-state index < -0.39 is 0 Å². The molecular formula is C9H18N2. The first kappa shape index (κ1) is 10.2. The van der Waals surface area contributed by atoms with Crippen molar-refractivity contribution < 1.29 is 0 Å². The van der Waals surface area contributed by atoms with E-state index in [0.717, 1.165) is 18.8 Å². The summed E-state index contributed by atoms with van der Waals surface area (Å²) in [5, 5.41) is 3.00. The Balaban J connectivity index is 3.53. The van der Waals surface area contributed by atoms with E-state index in [1.807, 2.05) is 6.92 Å². The van der Waals surface area contributed by atoms with Crippen molar-refractivity contribution >= 4 is 5.71 Å². The third-order valence-corrected chi connectivity index (χ3v) is 1.23. The van der Waals surface area contributed by atoms with Crippen molar-refractivity contribution in [2.45, 2.75) is 20.8 Å². The summed E-state index contributed by atoms with van der Waals surface area (Å²) < 4.78 is 0. The van der Waals surface area contributed by atoms with E-state index in [4.69, 9.17) is 0 Å². The van der Waals surface area contributed by atoms with E-state index in [1.54, 1.807) is 6.20 Å². The van der Waals surface area contributed by atoms with Gasteiger partial charge in [-0.3, -0.25) is 4.99 Å². The SMILES string of the molecule is C=CNCC(C)=NCC(C)C. The number of hydrogen-bond acceptors (Lipinski definition) is 2. The van der Waals surface area contributed by atoms with Crippen LogP contribution in [0.1, 0.15) is 20.8 Å². The molecule has 0 unspecified atom stereocenters. The van der Waals surface area contributed by atoms with Crippen LogP contribution in [-0.4, -0.2) is 18.8 Å². The lowest BCUT2D eigenvalue weighted by Crippen LogP contribution is -2.15. The van der Waals surface area contributed by atoms with Crippen LogP contribution in [0.3, 0.4) is 0 Å². The highest BCUT2D eigenvalue weighted by atomic mass is 14.9. The minimum atomic E-state index is 0.647. The van der Waals surface area contributed by atoms with Crippen molar-refractivity contribution in [2.75, 3.05) is 13.1 Å². The molecule has 0 aromatic heterocycles. The van der Waals surface area contributed by atoms with Gasteiger partial charge in [-0.15, -0.1) is 0 Å². The molecule has 0 aromatic rings. The molecule has 0 bridgehead atoms. The summed E-state index contributed by atoms with van der Waals surface area (Å²) in [6.07, 6.45) is 1.69. The van der Waals surface area contributed by atoms with E-state index in [-0.39, 0.29) is 0 Å². The Morgan fingerprint density at radius 3 is 2.73 bits per heavy atom. The van der Waals surface area contributed by atoms with Gasteiger partial charge in [0.1, 0.15) is 0 Å². The van der Waals surface area contributed by atoms with Crippen LogP contribution < -0.4 is 5.32 Å². The Morgan fingerprint density at radius 2 is 2.27 bits per heavy atom. The number of nitrogens with one attached hydrogen (secondary N) is 1. The normalized spacial score (nSPS) is 11.8. The quantitative estimate of drug-likeness (QED) is 0.600. The summed E-state index contributed by atoms with van der Waals surface area (Å²) in [5.41, 5.74) is 1.14. The first-order chi connectivity index (χ1) is 5.16. The lowest BCUT2D eigenvalue weighted by molar-refractivity contribution is 0.664. The molecule has 0 radical (unpaired) electrons. The van der Waals surface area contributed by atoms with E-state index in [2.05, 4.69) is 30.7 Å². The van der Waals surface area contributed by atoms with Gasteiger partial charge in [-0.05, 0) is 19.0 Å². The molecule has 0 aromatic carbocycles. The monoisotopic (exact) mass is 154 g/mol. The molecule has 0 aliphatic rings. The van der Waals surface area contributed by atoms with Crippen molar-refractivity contribution in [1.82, 2.24) is 5.32 Å². The molecule has 0 spiro atoms. The summed E-state index contributed by atoms with van der Waals surface area (Å²) in [6, 6.07) is 0. The van der Waals surface area contributed by atoms with Gasteiger partial charge in [0.15, 0.2) is 0 Å². The molecule has 0 aliphatic heterocycles. The molecule has 2 nitrogen and oxygen atoms in total. The lowest BCUT2D eigenvalue weighted by Gasteiger charge is -2.02. The Morgan fingerprint density at radius 1 is 1.64 bits per heavy atom. The molecule has 0 saturated heterocycles. The molecule has 0 fully saturated rings. The van der Waals surface area contributed by atoms with Crippen molar-refractivity contribution in [3.8, 4) is 0 Å². The molecule has 1 N–H and O–H groups in total. The van der Waals surface area contributed by atoms with Gasteiger partial charge >= 0.3 is 0 Å². The topological polar surface area (TPSA) is 24.4 Å². The lowest BCUT2D eigenvalue weighted by atomic mass is 10.2. The van der Waals surface area contributed by atoms with Gasteiger partial charge in [-0.2, -0.15) is 0 Å². The first-order valence-corrected chi connectivity index (χ1v) is 4.01. The maximum absolute atomic E-state index is 4.37. The average molecular weight is 154 g/mol. The second-order valence-corrected chi connectivity index (χ2v) is 3.05. The summed E-state index contributed by atoms with van der Waals surface area (Å²) in [4.78, 5) is 4.37. The fraction of sp³-hybridized carbons (Fsp3) is 0.667. The smallest absolute Gasteiger partial charge is 0.0521 e. The highest BCUT2D eigenvalue weighted by molar-refractivity contribution is 5.83. The maximum Gasteiger partial charge on any atom is 0.0521 e. The van der Waals surface area contributed by atoms with Crippen LogP contribution in [0.25, 0.3) is 0 Å². The predicted octanol–water partition coefficient (Wildman–Crippen LogP) is 1.84. The molecule has 2 heteroatoms. The van der Waals surface area contributed by atoms with Gasteiger partial charge in [-0.25, -0.2) is 0 Å². The largest absolute Gasteiger partial charge is 0.386 e. The van der Waals surface area contributed by atoms with Gasteiger partial charge < -0.3 is 5.32 Å². The number of aliphatic imine (C=N–C) groups is 1. The fourth-order valence-electron chi connectivity index (χ4n) is 0.614. The highest BCUT2D eigenvalue weighted by Gasteiger charge is 1.91. The average Bonchev–Trinajstić information content (AvgIpc) is 1.97. The Hall–Kier alpha value is -0.790.